The molecule has 0 amide bonds. The average Bonchev–Trinajstić information content (AvgIpc) is 2.67. The molecule has 0 saturated heterocycles. The molecule has 4 nitrogen and oxygen atoms in total. The molecule has 0 N–H and O–H groups in total. The van der Waals surface area contributed by atoms with Gasteiger partial charge in [0.2, 0.25) is 0 Å². The molecule has 2 aromatic heterocycles. The number of methoxy groups -OCH3 is 1. The zero-order valence-corrected chi connectivity index (χ0v) is 14.4. The van der Waals surface area contributed by atoms with E-state index in [4.69, 9.17) is 9.72 Å². The lowest BCUT2D eigenvalue weighted by Gasteiger charge is -2.10. The molecule has 0 aliphatic rings. The minimum atomic E-state index is -0.428. The van der Waals surface area contributed by atoms with Crippen LogP contribution >= 0.6 is 0 Å². The molecule has 0 saturated carbocycles. The van der Waals surface area contributed by atoms with Crippen molar-refractivity contribution < 1.29 is 9.13 Å². The maximum absolute atomic E-state index is 14.2. The van der Waals surface area contributed by atoms with E-state index in [1.54, 1.807) is 12.1 Å². The summed E-state index contributed by atoms with van der Waals surface area (Å²) < 4.78 is 19.2. The fourth-order valence-corrected chi connectivity index (χ4v) is 2.89. The van der Waals surface area contributed by atoms with Gasteiger partial charge in [0.05, 0.1) is 18.3 Å². The number of hydrogen-bond donors (Lipinski definition) is 0. The highest BCUT2D eigenvalue weighted by atomic mass is 19.1. The molecule has 0 bridgehead atoms. The Balaban J connectivity index is 1.97. The highest BCUT2D eigenvalue weighted by molar-refractivity contribution is 5.93. The molecule has 0 aliphatic carbocycles. The van der Waals surface area contributed by atoms with Gasteiger partial charge in [-0.05, 0) is 43.3 Å². The molecule has 0 radical (unpaired) electrons. The van der Waals surface area contributed by atoms with E-state index in [0.717, 1.165) is 16.6 Å². The van der Waals surface area contributed by atoms with Crippen molar-refractivity contribution in [1.29, 1.82) is 0 Å². The predicted octanol–water partition coefficient (Wildman–Crippen LogP) is 4.81. The highest BCUT2D eigenvalue weighted by Crippen LogP contribution is 2.31. The third kappa shape index (κ3) is 2.88. The van der Waals surface area contributed by atoms with Gasteiger partial charge in [0.15, 0.2) is 17.4 Å². The summed E-state index contributed by atoms with van der Waals surface area (Å²) in [5, 5.41) is 0.855. The van der Waals surface area contributed by atoms with Crippen molar-refractivity contribution in [2.45, 2.75) is 6.92 Å². The third-order valence-electron chi connectivity index (χ3n) is 4.15. The van der Waals surface area contributed by atoms with Crippen molar-refractivity contribution in [3.8, 4) is 28.5 Å². The summed E-state index contributed by atoms with van der Waals surface area (Å²) >= 11 is 0. The molecule has 0 unspecified atom stereocenters. The highest BCUT2D eigenvalue weighted by Gasteiger charge is 2.14. The van der Waals surface area contributed by atoms with Crippen molar-refractivity contribution in [3.63, 3.8) is 0 Å². The van der Waals surface area contributed by atoms with Gasteiger partial charge in [0.1, 0.15) is 5.69 Å². The first-order valence-electron chi connectivity index (χ1n) is 8.20. The minimum Gasteiger partial charge on any atom is -0.494 e. The summed E-state index contributed by atoms with van der Waals surface area (Å²) in [6.07, 6.45) is 0. The van der Waals surface area contributed by atoms with E-state index in [0.29, 0.717) is 22.8 Å². The Bertz CT molecular complexity index is 1110. The van der Waals surface area contributed by atoms with Crippen molar-refractivity contribution >= 4 is 10.9 Å². The quantitative estimate of drug-likeness (QED) is 0.534. The van der Waals surface area contributed by atoms with E-state index < -0.39 is 5.82 Å². The Morgan fingerprint density at radius 2 is 1.73 bits per heavy atom. The van der Waals surface area contributed by atoms with Crippen LogP contribution in [-0.2, 0) is 0 Å². The standard InChI is InChI=1S/C21H16FN3O/c1-13-6-5-9-18(23-13)21-24-17-8-4-3-7-15(17)20(25-21)14-10-11-19(26-2)16(22)12-14/h3-12H,1-2H3. The van der Waals surface area contributed by atoms with Gasteiger partial charge in [-0.1, -0.05) is 24.3 Å². The van der Waals surface area contributed by atoms with Crippen LogP contribution in [-0.4, -0.2) is 22.1 Å². The van der Waals surface area contributed by atoms with Crippen molar-refractivity contribution in [2.75, 3.05) is 7.11 Å². The second kappa shape index (κ2) is 6.52. The number of aromatic nitrogens is 3. The Kier molecular flexibility index (Phi) is 4.05. The molecule has 4 rings (SSSR count). The molecule has 0 fully saturated rings. The van der Waals surface area contributed by atoms with E-state index >= 15 is 0 Å². The number of hydrogen-bond acceptors (Lipinski definition) is 4. The maximum atomic E-state index is 14.2. The van der Waals surface area contributed by atoms with Crippen LogP contribution in [0.2, 0.25) is 0 Å². The lowest BCUT2D eigenvalue weighted by Crippen LogP contribution is -1.98. The number of benzene rings is 2. The number of ether oxygens (including phenoxy) is 1. The second-order valence-corrected chi connectivity index (χ2v) is 5.93. The predicted molar refractivity (Wildman–Crippen MR) is 99.5 cm³/mol. The summed E-state index contributed by atoms with van der Waals surface area (Å²) in [4.78, 5) is 13.8. The first kappa shape index (κ1) is 16.1. The molecular formula is C21H16FN3O. The van der Waals surface area contributed by atoms with Crippen LogP contribution in [0.15, 0.2) is 60.7 Å². The van der Waals surface area contributed by atoms with E-state index in [1.807, 2.05) is 49.4 Å². The van der Waals surface area contributed by atoms with Gasteiger partial charge in [-0.25, -0.2) is 19.3 Å². The van der Waals surface area contributed by atoms with Crippen LogP contribution in [0.1, 0.15) is 5.69 Å². The topological polar surface area (TPSA) is 47.9 Å². The van der Waals surface area contributed by atoms with Gasteiger partial charge in [0, 0.05) is 16.6 Å². The van der Waals surface area contributed by atoms with E-state index in [9.17, 15) is 4.39 Å². The van der Waals surface area contributed by atoms with E-state index in [1.165, 1.54) is 13.2 Å². The number of aryl methyl sites for hydroxylation is 1. The lowest BCUT2D eigenvalue weighted by molar-refractivity contribution is 0.386. The summed E-state index contributed by atoms with van der Waals surface area (Å²) in [7, 11) is 1.44. The van der Waals surface area contributed by atoms with Crippen LogP contribution in [0.3, 0.4) is 0 Å². The largest absolute Gasteiger partial charge is 0.494 e. The average molecular weight is 345 g/mol. The molecule has 26 heavy (non-hydrogen) atoms. The molecule has 0 atom stereocenters. The number of fused-ring (bicyclic) bond motifs is 1. The number of rotatable bonds is 3. The number of nitrogens with zero attached hydrogens (tertiary/aromatic N) is 3. The van der Waals surface area contributed by atoms with Gasteiger partial charge >= 0.3 is 0 Å². The minimum absolute atomic E-state index is 0.202. The normalized spacial score (nSPS) is 10.9. The van der Waals surface area contributed by atoms with Gasteiger partial charge in [-0.2, -0.15) is 0 Å². The van der Waals surface area contributed by atoms with Crippen LogP contribution in [0, 0.1) is 12.7 Å². The molecule has 128 valence electrons. The molecule has 5 heteroatoms. The smallest absolute Gasteiger partial charge is 0.179 e. The summed E-state index contributed by atoms with van der Waals surface area (Å²) in [5.74, 6) is 0.286. The van der Waals surface area contributed by atoms with Crippen molar-refractivity contribution in [2.24, 2.45) is 0 Å². The second-order valence-electron chi connectivity index (χ2n) is 5.93. The molecular weight excluding hydrogens is 329 g/mol. The summed E-state index contributed by atoms with van der Waals surface area (Å²) in [6.45, 7) is 1.92. The van der Waals surface area contributed by atoms with Gasteiger partial charge in [-0.15, -0.1) is 0 Å². The number of para-hydroxylation sites is 1. The molecule has 0 spiro atoms. The van der Waals surface area contributed by atoms with Crippen LogP contribution < -0.4 is 4.74 Å². The number of pyridine rings is 1. The Hall–Kier alpha value is -3.34. The van der Waals surface area contributed by atoms with E-state index in [2.05, 4.69) is 9.97 Å². The Labute approximate surface area is 150 Å². The van der Waals surface area contributed by atoms with Crippen LogP contribution in [0.25, 0.3) is 33.7 Å². The molecule has 0 aliphatic heterocycles. The van der Waals surface area contributed by atoms with Crippen LogP contribution in [0.5, 0.6) is 5.75 Å². The van der Waals surface area contributed by atoms with Gasteiger partial charge < -0.3 is 4.74 Å². The first-order valence-corrected chi connectivity index (χ1v) is 8.20. The summed E-state index contributed by atoms with van der Waals surface area (Å²) in [5.41, 5.74) is 3.68. The zero-order chi connectivity index (χ0) is 18.1. The van der Waals surface area contributed by atoms with Gasteiger partial charge in [-0.3, -0.25) is 0 Å². The lowest BCUT2D eigenvalue weighted by atomic mass is 10.1. The molecule has 2 heterocycles. The fourth-order valence-electron chi connectivity index (χ4n) is 2.89. The first-order chi connectivity index (χ1) is 12.7. The SMILES string of the molecule is COc1ccc(-c2nc(-c3cccc(C)n3)nc3ccccc23)cc1F. The Morgan fingerprint density at radius 1 is 0.885 bits per heavy atom. The summed E-state index contributed by atoms with van der Waals surface area (Å²) in [6, 6.07) is 18.2. The Morgan fingerprint density at radius 3 is 2.50 bits per heavy atom. The van der Waals surface area contributed by atoms with Crippen molar-refractivity contribution in [1.82, 2.24) is 15.0 Å². The zero-order valence-electron chi connectivity index (χ0n) is 14.4. The maximum Gasteiger partial charge on any atom is 0.179 e. The van der Waals surface area contributed by atoms with E-state index in [-0.39, 0.29) is 5.75 Å². The van der Waals surface area contributed by atoms with Crippen LogP contribution in [0.4, 0.5) is 4.39 Å². The monoisotopic (exact) mass is 345 g/mol. The van der Waals surface area contributed by atoms with Crippen molar-refractivity contribution in [3.05, 3.63) is 72.2 Å². The molecule has 2 aromatic carbocycles. The van der Waals surface area contributed by atoms with Gasteiger partial charge in [0.25, 0.3) is 0 Å². The third-order valence-corrected chi connectivity index (χ3v) is 4.15. The number of halogens is 1. The fraction of sp³-hybridized carbons (Fsp3) is 0.0952. The molecule has 4 aromatic rings.